The van der Waals surface area contributed by atoms with Crippen LogP contribution >= 0.6 is 34.5 Å². The zero-order chi connectivity index (χ0) is 16.6. The SMILES string of the molecule is COc1ccc(CN(C2CC2)S(=O)(=O)c2cc(Cl)sc2Cl)cc1. The number of thiophene rings is 1. The number of rotatable bonds is 6. The highest BCUT2D eigenvalue weighted by atomic mass is 35.5. The molecule has 4 nitrogen and oxygen atoms in total. The van der Waals surface area contributed by atoms with E-state index >= 15 is 0 Å². The second-order valence-corrected chi connectivity index (χ2v) is 9.46. The van der Waals surface area contributed by atoms with Crippen molar-refractivity contribution < 1.29 is 13.2 Å². The standard InChI is InChI=1S/C15H15Cl2NO3S2/c1-21-12-6-2-10(3-7-12)9-18(11-4-5-11)23(19,20)13-8-14(16)22-15(13)17/h2-3,6-8,11H,4-5,9H2,1H3. The predicted molar refractivity (Wildman–Crippen MR) is 93.1 cm³/mol. The third-order valence-electron chi connectivity index (χ3n) is 3.66. The van der Waals surface area contributed by atoms with Crippen LogP contribution in [-0.4, -0.2) is 25.9 Å². The van der Waals surface area contributed by atoms with Crippen molar-refractivity contribution in [2.24, 2.45) is 0 Å². The van der Waals surface area contributed by atoms with Crippen LogP contribution in [0.1, 0.15) is 18.4 Å². The molecule has 1 aromatic heterocycles. The van der Waals surface area contributed by atoms with Crippen LogP contribution in [-0.2, 0) is 16.6 Å². The summed E-state index contributed by atoms with van der Waals surface area (Å²) in [6, 6.07) is 8.82. The molecule has 1 aliphatic rings. The minimum Gasteiger partial charge on any atom is -0.497 e. The molecule has 2 aromatic rings. The van der Waals surface area contributed by atoms with Crippen LogP contribution in [0, 0.1) is 0 Å². The summed E-state index contributed by atoms with van der Waals surface area (Å²) in [5.74, 6) is 0.738. The van der Waals surface area contributed by atoms with Crippen molar-refractivity contribution in [3.8, 4) is 5.75 Å². The Hall–Kier alpha value is -0.790. The molecule has 0 spiro atoms. The molecule has 0 saturated heterocycles. The molecule has 0 unspecified atom stereocenters. The second kappa shape index (κ2) is 6.61. The van der Waals surface area contributed by atoms with Gasteiger partial charge in [-0.1, -0.05) is 35.3 Å². The lowest BCUT2D eigenvalue weighted by Crippen LogP contribution is -2.32. The third-order valence-corrected chi connectivity index (χ3v) is 7.32. The van der Waals surface area contributed by atoms with Gasteiger partial charge in [-0.25, -0.2) is 8.42 Å². The number of methoxy groups -OCH3 is 1. The number of ether oxygens (including phenoxy) is 1. The fraction of sp³-hybridized carbons (Fsp3) is 0.333. The molecule has 1 aliphatic carbocycles. The third kappa shape index (κ3) is 3.67. The highest BCUT2D eigenvalue weighted by Gasteiger charge is 2.39. The summed E-state index contributed by atoms with van der Waals surface area (Å²) in [4.78, 5) is 0.0922. The van der Waals surface area contributed by atoms with E-state index in [0.717, 1.165) is 35.5 Å². The Morgan fingerprint density at radius 3 is 2.39 bits per heavy atom. The van der Waals surface area contributed by atoms with Gasteiger partial charge in [0.1, 0.15) is 15.0 Å². The second-order valence-electron chi connectivity index (χ2n) is 5.32. The van der Waals surface area contributed by atoms with Gasteiger partial charge >= 0.3 is 0 Å². The van der Waals surface area contributed by atoms with Crippen LogP contribution in [0.4, 0.5) is 0 Å². The maximum Gasteiger partial charge on any atom is 0.246 e. The molecule has 0 N–H and O–H groups in total. The number of halogens is 2. The summed E-state index contributed by atoms with van der Waals surface area (Å²) in [6.07, 6.45) is 1.73. The maximum atomic E-state index is 12.9. The molecule has 1 heterocycles. The van der Waals surface area contributed by atoms with Gasteiger partial charge in [-0.15, -0.1) is 11.3 Å². The van der Waals surface area contributed by atoms with Crippen molar-refractivity contribution in [2.45, 2.75) is 30.3 Å². The van der Waals surface area contributed by atoms with Gasteiger partial charge in [-0.05, 0) is 36.6 Å². The molecule has 1 fully saturated rings. The maximum absolute atomic E-state index is 12.9. The first kappa shape index (κ1) is 17.0. The van der Waals surface area contributed by atoms with E-state index in [2.05, 4.69) is 0 Å². The predicted octanol–water partition coefficient (Wildman–Crippen LogP) is 4.42. The van der Waals surface area contributed by atoms with Crippen molar-refractivity contribution >= 4 is 44.6 Å². The van der Waals surface area contributed by atoms with Gasteiger partial charge in [0.2, 0.25) is 10.0 Å². The Morgan fingerprint density at radius 2 is 1.91 bits per heavy atom. The van der Waals surface area contributed by atoms with E-state index in [1.807, 2.05) is 24.3 Å². The molecule has 3 rings (SSSR count). The number of nitrogens with zero attached hydrogens (tertiary/aromatic N) is 1. The molecule has 0 amide bonds. The fourth-order valence-electron chi connectivity index (χ4n) is 2.31. The Balaban J connectivity index is 1.90. The molecule has 0 bridgehead atoms. The number of sulfonamides is 1. The van der Waals surface area contributed by atoms with Crippen molar-refractivity contribution in [3.63, 3.8) is 0 Å². The van der Waals surface area contributed by atoms with Crippen LogP contribution in [0.2, 0.25) is 8.67 Å². The zero-order valence-corrected chi connectivity index (χ0v) is 15.5. The van der Waals surface area contributed by atoms with E-state index in [-0.39, 0.29) is 15.3 Å². The molecule has 0 atom stereocenters. The van der Waals surface area contributed by atoms with Crippen LogP contribution in [0.5, 0.6) is 5.75 Å². The normalized spacial score (nSPS) is 15.1. The average Bonchev–Trinajstić information content (AvgIpc) is 3.29. The molecular weight excluding hydrogens is 377 g/mol. The molecular formula is C15H15Cl2NO3S2. The van der Waals surface area contributed by atoms with Gasteiger partial charge in [0.25, 0.3) is 0 Å². The van der Waals surface area contributed by atoms with E-state index in [1.54, 1.807) is 7.11 Å². The van der Waals surface area contributed by atoms with Crippen LogP contribution in [0.15, 0.2) is 35.2 Å². The van der Waals surface area contributed by atoms with Crippen molar-refractivity contribution in [2.75, 3.05) is 7.11 Å². The van der Waals surface area contributed by atoms with E-state index in [9.17, 15) is 8.42 Å². The summed E-state index contributed by atoms with van der Waals surface area (Å²) in [5.41, 5.74) is 0.902. The topological polar surface area (TPSA) is 46.6 Å². The fourth-order valence-corrected chi connectivity index (χ4v) is 6.10. The lowest BCUT2D eigenvalue weighted by Gasteiger charge is -2.21. The molecule has 124 valence electrons. The minimum atomic E-state index is -3.67. The van der Waals surface area contributed by atoms with Crippen LogP contribution in [0.25, 0.3) is 0 Å². The monoisotopic (exact) mass is 391 g/mol. The molecule has 1 aromatic carbocycles. The highest BCUT2D eigenvalue weighted by Crippen LogP contribution is 2.40. The first-order chi connectivity index (χ1) is 10.9. The van der Waals surface area contributed by atoms with Crippen LogP contribution in [0.3, 0.4) is 0 Å². The number of hydrogen-bond acceptors (Lipinski definition) is 4. The van der Waals surface area contributed by atoms with E-state index in [1.165, 1.54) is 10.4 Å². The quantitative estimate of drug-likeness (QED) is 0.731. The summed E-state index contributed by atoms with van der Waals surface area (Å²) in [5, 5.41) is 0. The smallest absolute Gasteiger partial charge is 0.246 e. The summed E-state index contributed by atoms with van der Waals surface area (Å²) in [7, 11) is -2.07. The van der Waals surface area contributed by atoms with Gasteiger partial charge in [-0.2, -0.15) is 4.31 Å². The Kier molecular flexibility index (Phi) is 4.90. The summed E-state index contributed by atoms with van der Waals surface area (Å²) >= 11 is 13.0. The molecule has 0 radical (unpaired) electrons. The summed E-state index contributed by atoms with van der Waals surface area (Å²) < 4.78 is 33.1. The van der Waals surface area contributed by atoms with Gasteiger partial charge < -0.3 is 4.74 Å². The van der Waals surface area contributed by atoms with Gasteiger partial charge in [0.15, 0.2) is 0 Å². The minimum absolute atomic E-state index is 0.0249. The largest absolute Gasteiger partial charge is 0.497 e. The van der Waals surface area contributed by atoms with Crippen molar-refractivity contribution in [3.05, 3.63) is 44.6 Å². The van der Waals surface area contributed by atoms with Crippen LogP contribution < -0.4 is 4.74 Å². The van der Waals surface area contributed by atoms with Gasteiger partial charge in [0, 0.05) is 12.6 Å². The summed E-state index contributed by atoms with van der Waals surface area (Å²) in [6.45, 7) is 0.306. The molecule has 0 aliphatic heterocycles. The Morgan fingerprint density at radius 1 is 1.26 bits per heavy atom. The van der Waals surface area contributed by atoms with Gasteiger partial charge in [0.05, 0.1) is 11.4 Å². The van der Waals surface area contributed by atoms with E-state index in [0.29, 0.717) is 10.9 Å². The Labute approximate surface area is 149 Å². The number of benzene rings is 1. The Bertz CT molecular complexity index is 799. The zero-order valence-electron chi connectivity index (χ0n) is 12.3. The molecule has 23 heavy (non-hydrogen) atoms. The lowest BCUT2D eigenvalue weighted by molar-refractivity contribution is 0.397. The first-order valence-electron chi connectivity index (χ1n) is 7.01. The number of hydrogen-bond donors (Lipinski definition) is 0. The van der Waals surface area contributed by atoms with E-state index in [4.69, 9.17) is 27.9 Å². The average molecular weight is 392 g/mol. The molecule has 1 saturated carbocycles. The lowest BCUT2D eigenvalue weighted by atomic mass is 10.2. The van der Waals surface area contributed by atoms with E-state index < -0.39 is 10.0 Å². The van der Waals surface area contributed by atoms with Gasteiger partial charge in [-0.3, -0.25) is 0 Å². The first-order valence-corrected chi connectivity index (χ1v) is 10.0. The molecule has 8 heteroatoms. The highest BCUT2D eigenvalue weighted by molar-refractivity contribution is 7.89. The van der Waals surface area contributed by atoms with Crippen molar-refractivity contribution in [1.29, 1.82) is 0 Å². The van der Waals surface area contributed by atoms with Crippen molar-refractivity contribution in [1.82, 2.24) is 4.31 Å².